The zero-order chi connectivity index (χ0) is 13.1. The van der Waals surface area contributed by atoms with Gasteiger partial charge in [0.25, 0.3) is 11.1 Å². The molecule has 1 aliphatic rings. The highest BCUT2D eigenvalue weighted by molar-refractivity contribution is 8.18. The third kappa shape index (κ3) is 3.10. The number of thioether (sulfide) groups is 1. The van der Waals surface area contributed by atoms with Crippen molar-refractivity contribution in [1.29, 1.82) is 0 Å². The number of benzene rings is 1. The first-order valence-electron chi connectivity index (χ1n) is 5.20. The first-order valence-corrected chi connectivity index (χ1v) is 6.02. The lowest BCUT2D eigenvalue weighted by atomic mass is 10.2. The van der Waals surface area contributed by atoms with Gasteiger partial charge in [-0.15, -0.1) is 0 Å². The number of halogens is 1. The van der Waals surface area contributed by atoms with E-state index in [0.717, 1.165) is 17.3 Å². The number of carbonyl (C=O) groups is 2. The number of amides is 2. The van der Waals surface area contributed by atoms with Gasteiger partial charge in [0.1, 0.15) is 5.75 Å². The maximum absolute atomic E-state index is 12.6. The molecule has 1 aromatic rings. The van der Waals surface area contributed by atoms with Crippen molar-refractivity contribution < 1.29 is 18.7 Å². The highest BCUT2D eigenvalue weighted by Crippen LogP contribution is 2.26. The second-order valence-corrected chi connectivity index (χ2v) is 4.60. The molecule has 18 heavy (non-hydrogen) atoms. The van der Waals surface area contributed by atoms with Crippen LogP contribution in [0.3, 0.4) is 0 Å². The Morgan fingerprint density at radius 1 is 1.33 bits per heavy atom. The van der Waals surface area contributed by atoms with Crippen LogP contribution in [0.5, 0.6) is 5.75 Å². The van der Waals surface area contributed by atoms with Gasteiger partial charge in [-0.25, -0.2) is 4.39 Å². The molecule has 6 heteroatoms. The van der Waals surface area contributed by atoms with Crippen LogP contribution in [0.2, 0.25) is 0 Å². The first-order chi connectivity index (χ1) is 8.54. The fourth-order valence-electron chi connectivity index (χ4n) is 1.40. The second kappa shape index (κ2) is 5.22. The zero-order valence-corrected chi connectivity index (χ0v) is 10.3. The molecule has 1 N–H and O–H groups in total. The summed E-state index contributed by atoms with van der Waals surface area (Å²) in [6.45, 7) is 1.29. The Kier molecular flexibility index (Phi) is 3.66. The van der Waals surface area contributed by atoms with E-state index < -0.39 is 12.3 Å². The fourth-order valence-corrected chi connectivity index (χ4v) is 2.08. The maximum Gasteiger partial charge on any atom is 0.290 e. The lowest BCUT2D eigenvalue weighted by Crippen LogP contribution is -2.17. The van der Waals surface area contributed by atoms with E-state index in [0.29, 0.717) is 10.7 Å². The van der Waals surface area contributed by atoms with E-state index in [9.17, 15) is 14.0 Å². The van der Waals surface area contributed by atoms with Crippen LogP contribution in [0.4, 0.5) is 9.18 Å². The van der Waals surface area contributed by atoms with Crippen molar-refractivity contribution in [2.45, 2.75) is 13.3 Å². The lowest BCUT2D eigenvalue weighted by molar-refractivity contribution is -0.115. The predicted molar refractivity (Wildman–Crippen MR) is 66.7 cm³/mol. The number of nitrogens with one attached hydrogen (secondary N) is 1. The van der Waals surface area contributed by atoms with E-state index in [-0.39, 0.29) is 5.24 Å². The summed E-state index contributed by atoms with van der Waals surface area (Å²) in [6.07, 6.45) is 0.219. The van der Waals surface area contributed by atoms with Gasteiger partial charge in [0, 0.05) is 6.92 Å². The molecule has 0 saturated carbocycles. The van der Waals surface area contributed by atoms with Crippen LogP contribution < -0.4 is 10.1 Å². The third-order valence-electron chi connectivity index (χ3n) is 2.12. The van der Waals surface area contributed by atoms with Gasteiger partial charge in [-0.3, -0.25) is 14.9 Å². The van der Waals surface area contributed by atoms with Gasteiger partial charge in [-0.05, 0) is 35.5 Å². The molecular formula is C12H10FNO3S. The van der Waals surface area contributed by atoms with Crippen LogP contribution >= 0.6 is 11.8 Å². The Bertz CT molecular complexity index is 511. The van der Waals surface area contributed by atoms with E-state index in [2.05, 4.69) is 5.32 Å². The van der Waals surface area contributed by atoms with Gasteiger partial charge in [-0.1, -0.05) is 12.1 Å². The average molecular weight is 267 g/mol. The van der Waals surface area contributed by atoms with Crippen molar-refractivity contribution in [1.82, 2.24) is 5.32 Å². The van der Waals surface area contributed by atoms with Crippen LogP contribution in [0, 0.1) is 0 Å². The molecule has 0 aliphatic carbocycles. The number of rotatable bonds is 3. The molecule has 1 saturated heterocycles. The summed E-state index contributed by atoms with van der Waals surface area (Å²) in [5.41, 5.74) is 0.737. The van der Waals surface area contributed by atoms with Crippen molar-refractivity contribution in [2.24, 2.45) is 0 Å². The van der Waals surface area contributed by atoms with Crippen LogP contribution in [-0.2, 0) is 4.79 Å². The Morgan fingerprint density at radius 2 is 2.00 bits per heavy atom. The molecule has 0 radical (unpaired) electrons. The Morgan fingerprint density at radius 3 is 2.50 bits per heavy atom. The summed E-state index contributed by atoms with van der Waals surface area (Å²) in [4.78, 5) is 22.6. The molecule has 1 atom stereocenters. The molecule has 4 nitrogen and oxygen atoms in total. The van der Waals surface area contributed by atoms with E-state index in [4.69, 9.17) is 4.74 Å². The molecule has 0 aromatic heterocycles. The number of imide groups is 1. The Hall–Kier alpha value is -1.82. The van der Waals surface area contributed by atoms with Crippen molar-refractivity contribution in [2.75, 3.05) is 0 Å². The topological polar surface area (TPSA) is 55.4 Å². The van der Waals surface area contributed by atoms with E-state index in [1.165, 1.54) is 6.92 Å². The standard InChI is InChI=1S/C12H10FNO3S/c1-7(13)17-9-4-2-8(3-5-9)6-10-11(15)14-12(16)18-10/h2-7H,1H3,(H,14,15,16)/b10-6-. The first kappa shape index (κ1) is 12.6. The van der Waals surface area contributed by atoms with Crippen molar-refractivity contribution in [3.8, 4) is 5.75 Å². The molecule has 1 aromatic carbocycles. The normalized spacial score (nSPS) is 18.9. The van der Waals surface area contributed by atoms with Gasteiger partial charge in [-0.2, -0.15) is 0 Å². The van der Waals surface area contributed by atoms with Gasteiger partial charge in [0.2, 0.25) is 6.36 Å². The number of hydrogen-bond acceptors (Lipinski definition) is 4. The van der Waals surface area contributed by atoms with Gasteiger partial charge >= 0.3 is 0 Å². The summed E-state index contributed by atoms with van der Waals surface area (Å²) >= 11 is 0.854. The lowest BCUT2D eigenvalue weighted by Gasteiger charge is -2.06. The van der Waals surface area contributed by atoms with Crippen LogP contribution in [0.1, 0.15) is 12.5 Å². The molecule has 94 valence electrons. The number of hydrogen-bond donors (Lipinski definition) is 1. The second-order valence-electron chi connectivity index (χ2n) is 3.58. The zero-order valence-electron chi connectivity index (χ0n) is 9.48. The molecule has 1 fully saturated rings. The summed E-state index contributed by atoms with van der Waals surface area (Å²) in [7, 11) is 0. The van der Waals surface area contributed by atoms with Gasteiger partial charge in [0.05, 0.1) is 4.91 Å². The minimum Gasteiger partial charge on any atom is -0.461 e. The largest absolute Gasteiger partial charge is 0.461 e. The summed E-state index contributed by atoms with van der Waals surface area (Å²) in [6, 6.07) is 6.56. The summed E-state index contributed by atoms with van der Waals surface area (Å²) < 4.78 is 17.4. The Labute approximate surface area is 107 Å². The number of alkyl halides is 1. The molecule has 1 heterocycles. The fraction of sp³-hybridized carbons (Fsp3) is 0.167. The molecule has 2 amide bonds. The molecule has 2 rings (SSSR count). The van der Waals surface area contributed by atoms with Crippen molar-refractivity contribution in [3.05, 3.63) is 34.7 Å². The van der Waals surface area contributed by atoms with E-state index in [1.54, 1.807) is 30.3 Å². The van der Waals surface area contributed by atoms with Crippen LogP contribution in [-0.4, -0.2) is 17.5 Å². The number of carbonyl (C=O) groups excluding carboxylic acids is 2. The molecule has 0 bridgehead atoms. The molecule has 1 aliphatic heterocycles. The van der Waals surface area contributed by atoms with E-state index >= 15 is 0 Å². The van der Waals surface area contributed by atoms with Crippen molar-refractivity contribution >= 4 is 29.0 Å². The van der Waals surface area contributed by atoms with E-state index in [1.807, 2.05) is 0 Å². The molecule has 0 spiro atoms. The smallest absolute Gasteiger partial charge is 0.290 e. The summed E-state index contributed by atoms with van der Waals surface area (Å²) in [5.74, 6) is 0.00876. The molecule has 1 unspecified atom stereocenters. The highest BCUT2D eigenvalue weighted by atomic mass is 32.2. The number of ether oxygens (including phenoxy) is 1. The summed E-state index contributed by atoms with van der Waals surface area (Å²) in [5, 5.41) is 1.79. The molecular weight excluding hydrogens is 257 g/mol. The van der Waals surface area contributed by atoms with Gasteiger partial charge < -0.3 is 4.74 Å². The monoisotopic (exact) mass is 267 g/mol. The minimum absolute atomic E-state index is 0.340. The Balaban J connectivity index is 2.13. The highest BCUT2D eigenvalue weighted by Gasteiger charge is 2.24. The predicted octanol–water partition coefficient (Wildman–Crippen LogP) is 2.70. The third-order valence-corrected chi connectivity index (χ3v) is 2.93. The average Bonchev–Trinajstić information content (AvgIpc) is 2.59. The van der Waals surface area contributed by atoms with Crippen LogP contribution in [0.25, 0.3) is 6.08 Å². The van der Waals surface area contributed by atoms with Crippen molar-refractivity contribution in [3.63, 3.8) is 0 Å². The van der Waals surface area contributed by atoms with Gasteiger partial charge in [0.15, 0.2) is 0 Å². The maximum atomic E-state index is 12.6. The van der Waals surface area contributed by atoms with Crippen LogP contribution in [0.15, 0.2) is 29.2 Å². The minimum atomic E-state index is -1.37. The quantitative estimate of drug-likeness (QED) is 0.855. The SMILES string of the molecule is CC(F)Oc1ccc(/C=C2\SC(=O)NC2=O)cc1.